The largest absolute Gasteiger partial charge is 0.454 e. The van der Waals surface area contributed by atoms with E-state index in [0.29, 0.717) is 26.9 Å². The molecule has 138 valence electrons. The van der Waals surface area contributed by atoms with Gasteiger partial charge in [0.15, 0.2) is 5.78 Å². The molecule has 0 unspecified atom stereocenters. The smallest absolute Gasteiger partial charge is 0.338 e. The van der Waals surface area contributed by atoms with Crippen molar-refractivity contribution >= 4 is 33.3 Å². The molecule has 2 heterocycles. The maximum Gasteiger partial charge on any atom is 0.338 e. The first-order valence-corrected chi connectivity index (χ1v) is 9.33. The van der Waals surface area contributed by atoms with Gasteiger partial charge in [0.25, 0.3) is 5.56 Å². The second-order valence-electron chi connectivity index (χ2n) is 6.00. The Morgan fingerprint density at radius 3 is 2.36 bits per heavy atom. The highest BCUT2D eigenvalue weighted by molar-refractivity contribution is 7.17. The van der Waals surface area contributed by atoms with Gasteiger partial charge in [-0.15, -0.1) is 11.3 Å². The fraction of sp³-hybridized carbons (Fsp3) is 0.0476. The van der Waals surface area contributed by atoms with E-state index in [9.17, 15) is 14.4 Å². The Labute approximate surface area is 163 Å². The predicted octanol–water partition coefficient (Wildman–Crippen LogP) is 3.57. The van der Waals surface area contributed by atoms with Crippen molar-refractivity contribution in [3.63, 3.8) is 0 Å². The molecule has 0 aliphatic rings. The fourth-order valence-corrected chi connectivity index (χ4v) is 3.45. The zero-order chi connectivity index (χ0) is 19.5. The normalized spacial score (nSPS) is 10.7. The molecule has 6 nitrogen and oxygen atoms in total. The molecule has 4 rings (SSSR count). The van der Waals surface area contributed by atoms with Crippen LogP contribution in [0.4, 0.5) is 0 Å². The monoisotopic (exact) mass is 390 g/mol. The molecule has 28 heavy (non-hydrogen) atoms. The van der Waals surface area contributed by atoms with Gasteiger partial charge in [-0.05, 0) is 23.6 Å². The van der Waals surface area contributed by atoms with Gasteiger partial charge in [0.2, 0.25) is 0 Å². The van der Waals surface area contributed by atoms with Crippen molar-refractivity contribution in [3.05, 3.63) is 98.9 Å². The number of benzene rings is 2. The molecule has 2 aromatic heterocycles. The molecule has 0 aliphatic heterocycles. The van der Waals surface area contributed by atoms with E-state index in [4.69, 9.17) is 4.74 Å². The Morgan fingerprint density at radius 2 is 1.61 bits per heavy atom. The summed E-state index contributed by atoms with van der Waals surface area (Å²) in [6.07, 6.45) is 0. The van der Waals surface area contributed by atoms with Crippen molar-refractivity contribution in [2.24, 2.45) is 0 Å². The lowest BCUT2D eigenvalue weighted by atomic mass is 10.0. The van der Waals surface area contributed by atoms with E-state index in [0.717, 1.165) is 0 Å². The summed E-state index contributed by atoms with van der Waals surface area (Å²) >= 11 is 1.30. The SMILES string of the molecule is O=C(OCc1nc2ccsc2c(=O)[nH]1)c1ccc(C(=O)c2ccccc2)cc1. The van der Waals surface area contributed by atoms with E-state index in [2.05, 4.69) is 9.97 Å². The molecule has 0 atom stereocenters. The van der Waals surface area contributed by atoms with Crippen molar-refractivity contribution in [3.8, 4) is 0 Å². The third-order valence-corrected chi connectivity index (χ3v) is 5.03. The second-order valence-corrected chi connectivity index (χ2v) is 6.91. The Morgan fingerprint density at radius 1 is 0.929 bits per heavy atom. The molecule has 7 heteroatoms. The quantitative estimate of drug-likeness (QED) is 0.416. The van der Waals surface area contributed by atoms with Crippen molar-refractivity contribution in [2.45, 2.75) is 6.61 Å². The molecule has 0 radical (unpaired) electrons. The Balaban J connectivity index is 1.44. The zero-order valence-electron chi connectivity index (χ0n) is 14.5. The highest BCUT2D eigenvalue weighted by Gasteiger charge is 2.13. The van der Waals surface area contributed by atoms with Crippen LogP contribution in [0.25, 0.3) is 10.2 Å². The minimum absolute atomic E-state index is 0.119. The number of hydrogen-bond donors (Lipinski definition) is 1. The van der Waals surface area contributed by atoms with Crippen molar-refractivity contribution in [2.75, 3.05) is 0 Å². The average Bonchev–Trinajstić information content (AvgIpc) is 3.21. The van der Waals surface area contributed by atoms with Gasteiger partial charge in [0, 0.05) is 11.1 Å². The van der Waals surface area contributed by atoms with Gasteiger partial charge in [-0.25, -0.2) is 9.78 Å². The molecule has 0 bridgehead atoms. The third-order valence-electron chi connectivity index (χ3n) is 4.12. The summed E-state index contributed by atoms with van der Waals surface area (Å²) in [6, 6.07) is 16.9. The third kappa shape index (κ3) is 3.60. The molecule has 0 aliphatic carbocycles. The summed E-state index contributed by atoms with van der Waals surface area (Å²) in [7, 11) is 0. The van der Waals surface area contributed by atoms with Gasteiger partial charge in [0.05, 0.1) is 11.1 Å². The summed E-state index contributed by atoms with van der Waals surface area (Å²) in [6.45, 7) is -0.148. The highest BCUT2D eigenvalue weighted by Crippen LogP contribution is 2.15. The second kappa shape index (κ2) is 7.58. The Hall–Kier alpha value is -3.58. The average molecular weight is 390 g/mol. The van der Waals surface area contributed by atoms with Crippen LogP contribution >= 0.6 is 11.3 Å². The van der Waals surface area contributed by atoms with E-state index in [-0.39, 0.29) is 23.8 Å². The van der Waals surface area contributed by atoms with E-state index in [1.165, 1.54) is 23.5 Å². The van der Waals surface area contributed by atoms with Crippen LogP contribution in [0.1, 0.15) is 32.1 Å². The van der Waals surface area contributed by atoms with Gasteiger partial charge in [-0.2, -0.15) is 0 Å². The van der Waals surface area contributed by atoms with E-state index >= 15 is 0 Å². The molecule has 1 N–H and O–H groups in total. The van der Waals surface area contributed by atoms with Crippen LogP contribution in [0.5, 0.6) is 0 Å². The van der Waals surface area contributed by atoms with Crippen LogP contribution in [0, 0.1) is 0 Å². The van der Waals surface area contributed by atoms with Gasteiger partial charge < -0.3 is 9.72 Å². The van der Waals surface area contributed by atoms with Crippen LogP contribution < -0.4 is 5.56 Å². The van der Waals surface area contributed by atoms with Crippen molar-refractivity contribution in [1.29, 1.82) is 0 Å². The van der Waals surface area contributed by atoms with E-state index in [1.807, 2.05) is 6.07 Å². The summed E-state index contributed by atoms with van der Waals surface area (Å²) in [5.41, 5.74) is 1.69. The number of carbonyl (C=O) groups is 2. The van der Waals surface area contributed by atoms with Gasteiger partial charge in [-0.1, -0.05) is 42.5 Å². The predicted molar refractivity (Wildman–Crippen MR) is 106 cm³/mol. The maximum atomic E-state index is 12.4. The molecule has 0 saturated carbocycles. The summed E-state index contributed by atoms with van der Waals surface area (Å²) in [5.74, 6) is -0.404. The van der Waals surface area contributed by atoms with Gasteiger partial charge >= 0.3 is 5.97 Å². The number of aromatic amines is 1. The molecular weight excluding hydrogens is 376 g/mol. The summed E-state index contributed by atoms with van der Waals surface area (Å²) < 4.78 is 5.76. The first-order valence-electron chi connectivity index (χ1n) is 8.45. The number of esters is 1. The molecule has 0 amide bonds. The number of ether oxygens (including phenoxy) is 1. The molecule has 4 aromatic rings. The number of thiophene rings is 1. The Bertz CT molecular complexity index is 1210. The van der Waals surface area contributed by atoms with Crippen molar-refractivity contribution < 1.29 is 14.3 Å². The molecular formula is C21H14N2O4S. The van der Waals surface area contributed by atoms with Crippen LogP contribution in [-0.4, -0.2) is 21.7 Å². The minimum atomic E-state index is -0.563. The maximum absolute atomic E-state index is 12.4. The Kier molecular flexibility index (Phi) is 4.82. The van der Waals surface area contributed by atoms with Crippen LogP contribution in [0.3, 0.4) is 0 Å². The number of fused-ring (bicyclic) bond motifs is 1. The number of H-pyrrole nitrogens is 1. The lowest BCUT2D eigenvalue weighted by Gasteiger charge is -2.06. The number of hydrogen-bond acceptors (Lipinski definition) is 6. The fourth-order valence-electron chi connectivity index (χ4n) is 2.72. The van der Waals surface area contributed by atoms with Gasteiger partial charge in [-0.3, -0.25) is 9.59 Å². The lowest BCUT2D eigenvalue weighted by molar-refractivity contribution is 0.0462. The van der Waals surface area contributed by atoms with E-state index in [1.54, 1.807) is 47.8 Å². The van der Waals surface area contributed by atoms with Crippen LogP contribution in [-0.2, 0) is 11.3 Å². The van der Waals surface area contributed by atoms with E-state index < -0.39 is 5.97 Å². The number of nitrogens with zero attached hydrogens (tertiary/aromatic N) is 1. The summed E-state index contributed by atoms with van der Waals surface area (Å²) in [5, 5.41) is 1.78. The number of nitrogens with one attached hydrogen (secondary N) is 1. The number of rotatable bonds is 5. The molecule has 0 fully saturated rings. The number of ketones is 1. The zero-order valence-corrected chi connectivity index (χ0v) is 15.4. The molecule has 0 spiro atoms. The number of aromatic nitrogens is 2. The van der Waals surface area contributed by atoms with Crippen LogP contribution in [0.15, 0.2) is 70.8 Å². The van der Waals surface area contributed by atoms with Crippen LogP contribution in [0.2, 0.25) is 0 Å². The minimum Gasteiger partial charge on any atom is -0.454 e. The first kappa shape index (κ1) is 17.8. The van der Waals surface area contributed by atoms with Gasteiger partial charge in [0.1, 0.15) is 17.1 Å². The molecule has 0 saturated heterocycles. The standard InChI is InChI=1S/C21H14N2O4S/c24-18(13-4-2-1-3-5-13)14-6-8-15(9-7-14)21(26)27-12-17-22-16-10-11-28-19(16)20(25)23-17/h1-11H,12H2,(H,22,23,25). The highest BCUT2D eigenvalue weighted by atomic mass is 32.1. The first-order chi connectivity index (χ1) is 13.6. The lowest BCUT2D eigenvalue weighted by Crippen LogP contribution is -2.13. The van der Waals surface area contributed by atoms with Crippen molar-refractivity contribution in [1.82, 2.24) is 9.97 Å². The number of carbonyl (C=O) groups excluding carboxylic acids is 2. The topological polar surface area (TPSA) is 89.1 Å². The summed E-state index contributed by atoms with van der Waals surface area (Å²) in [4.78, 5) is 43.4. The molecule has 2 aromatic carbocycles.